The van der Waals surface area contributed by atoms with E-state index < -0.39 is 17.7 Å². The summed E-state index contributed by atoms with van der Waals surface area (Å²) in [5.41, 5.74) is -0.0136. The molecule has 0 aromatic heterocycles. The minimum Gasteiger partial charge on any atom is -0.494 e. The van der Waals surface area contributed by atoms with Crippen LogP contribution in [0.1, 0.15) is 18.0 Å². The van der Waals surface area contributed by atoms with Gasteiger partial charge in [-0.15, -0.1) is 12.4 Å². The summed E-state index contributed by atoms with van der Waals surface area (Å²) in [5, 5.41) is 12.4. The van der Waals surface area contributed by atoms with Crippen molar-refractivity contribution in [2.75, 3.05) is 39.9 Å². The van der Waals surface area contributed by atoms with Gasteiger partial charge < -0.3 is 15.2 Å². The monoisotopic (exact) mass is 322 g/mol. The van der Waals surface area contributed by atoms with Crippen molar-refractivity contribution in [1.82, 2.24) is 10.2 Å². The van der Waals surface area contributed by atoms with E-state index in [4.69, 9.17) is 4.74 Å². The van der Waals surface area contributed by atoms with Crippen LogP contribution in [-0.2, 0) is 0 Å². The van der Waals surface area contributed by atoms with Gasteiger partial charge in [-0.3, -0.25) is 4.90 Å². The van der Waals surface area contributed by atoms with Gasteiger partial charge in [0.2, 0.25) is 0 Å². The molecule has 2 rings (SSSR count). The number of ether oxygens (including phenoxy) is 1. The molecule has 1 saturated heterocycles. The highest BCUT2D eigenvalue weighted by Gasteiger charge is 2.28. The molecule has 21 heavy (non-hydrogen) atoms. The highest BCUT2D eigenvalue weighted by Crippen LogP contribution is 2.33. The second-order valence-corrected chi connectivity index (χ2v) is 4.79. The van der Waals surface area contributed by atoms with Crippen molar-refractivity contribution >= 4 is 12.4 Å². The number of halogens is 3. The summed E-state index contributed by atoms with van der Waals surface area (Å²) in [4.78, 5) is 1.99. The summed E-state index contributed by atoms with van der Waals surface area (Å²) in [7, 11) is 1.35. The van der Waals surface area contributed by atoms with E-state index >= 15 is 0 Å². The molecule has 0 saturated carbocycles. The minimum absolute atomic E-state index is 0. The molecular formula is C14H21ClF2N2O2. The van der Waals surface area contributed by atoms with E-state index in [0.717, 1.165) is 13.1 Å². The first kappa shape index (κ1) is 18.1. The van der Waals surface area contributed by atoms with Crippen LogP contribution in [0.2, 0.25) is 0 Å². The van der Waals surface area contributed by atoms with Crippen LogP contribution in [0.15, 0.2) is 12.1 Å². The quantitative estimate of drug-likeness (QED) is 0.866. The molecule has 0 amide bonds. The van der Waals surface area contributed by atoms with Crippen molar-refractivity contribution in [2.45, 2.75) is 12.5 Å². The fourth-order valence-corrected chi connectivity index (χ4v) is 2.64. The highest BCUT2D eigenvalue weighted by molar-refractivity contribution is 5.85. The predicted molar refractivity (Wildman–Crippen MR) is 79.0 cm³/mol. The lowest BCUT2D eigenvalue weighted by Crippen LogP contribution is -2.45. The number of benzene rings is 1. The maximum Gasteiger partial charge on any atom is 0.172 e. The van der Waals surface area contributed by atoms with Crippen LogP contribution in [0.25, 0.3) is 0 Å². The van der Waals surface area contributed by atoms with Crippen LogP contribution in [0.3, 0.4) is 0 Å². The van der Waals surface area contributed by atoms with Gasteiger partial charge in [0, 0.05) is 44.4 Å². The smallest absolute Gasteiger partial charge is 0.172 e. The Kier molecular flexibility index (Phi) is 7.31. The molecule has 4 nitrogen and oxygen atoms in total. The van der Waals surface area contributed by atoms with Crippen molar-refractivity contribution in [3.05, 3.63) is 29.3 Å². The summed E-state index contributed by atoms with van der Waals surface area (Å²) < 4.78 is 33.4. The lowest BCUT2D eigenvalue weighted by Gasteiger charge is -2.35. The van der Waals surface area contributed by atoms with Gasteiger partial charge in [-0.05, 0) is 18.6 Å². The number of methoxy groups -OCH3 is 1. The third-order valence-electron chi connectivity index (χ3n) is 3.64. The fourth-order valence-electron chi connectivity index (χ4n) is 2.64. The molecule has 7 heteroatoms. The van der Waals surface area contributed by atoms with Crippen molar-refractivity contribution in [3.63, 3.8) is 0 Å². The largest absolute Gasteiger partial charge is 0.494 e. The number of piperazine rings is 1. The molecule has 1 heterocycles. The molecule has 1 atom stereocenters. The zero-order chi connectivity index (χ0) is 14.5. The molecule has 0 radical (unpaired) electrons. The van der Waals surface area contributed by atoms with Gasteiger partial charge in [-0.2, -0.15) is 0 Å². The molecule has 0 bridgehead atoms. The molecule has 1 aliphatic rings. The van der Waals surface area contributed by atoms with E-state index in [9.17, 15) is 13.9 Å². The normalized spacial score (nSPS) is 17.1. The summed E-state index contributed by atoms with van der Waals surface area (Å²) >= 11 is 0. The second kappa shape index (κ2) is 8.48. The maximum atomic E-state index is 14.4. The number of nitrogens with zero attached hydrogens (tertiary/aromatic N) is 1. The van der Waals surface area contributed by atoms with Gasteiger partial charge in [0.1, 0.15) is 5.82 Å². The van der Waals surface area contributed by atoms with Crippen molar-refractivity contribution in [2.24, 2.45) is 0 Å². The van der Waals surface area contributed by atoms with Gasteiger partial charge in [0.25, 0.3) is 0 Å². The Labute approximate surface area is 129 Å². The highest BCUT2D eigenvalue weighted by atomic mass is 35.5. The fraction of sp³-hybridized carbons (Fsp3) is 0.571. The Morgan fingerprint density at radius 2 is 2.00 bits per heavy atom. The predicted octanol–water partition coefficient (Wildman–Crippen LogP) is 1.72. The van der Waals surface area contributed by atoms with Gasteiger partial charge >= 0.3 is 0 Å². The van der Waals surface area contributed by atoms with Crippen LogP contribution in [0, 0.1) is 11.6 Å². The number of rotatable bonds is 5. The van der Waals surface area contributed by atoms with Crippen LogP contribution >= 0.6 is 12.4 Å². The molecular weight excluding hydrogens is 302 g/mol. The Morgan fingerprint density at radius 1 is 1.33 bits per heavy atom. The van der Waals surface area contributed by atoms with Crippen LogP contribution in [-0.4, -0.2) is 49.9 Å². The average Bonchev–Trinajstić information content (AvgIpc) is 2.47. The molecule has 0 aliphatic carbocycles. The molecule has 0 unspecified atom stereocenters. The third-order valence-corrected chi connectivity index (χ3v) is 3.64. The van der Waals surface area contributed by atoms with Gasteiger partial charge in [0.05, 0.1) is 7.11 Å². The van der Waals surface area contributed by atoms with Crippen molar-refractivity contribution in [3.8, 4) is 5.75 Å². The van der Waals surface area contributed by atoms with Crippen LogP contribution in [0.4, 0.5) is 8.78 Å². The number of hydrogen-bond donors (Lipinski definition) is 2. The SMILES string of the molecule is COc1ccc(F)c([C@@H](CCO)N2CCNCC2)c1F.Cl. The van der Waals surface area contributed by atoms with E-state index in [0.29, 0.717) is 19.5 Å². The zero-order valence-electron chi connectivity index (χ0n) is 11.9. The van der Waals surface area contributed by atoms with E-state index in [1.165, 1.54) is 19.2 Å². The topological polar surface area (TPSA) is 44.7 Å². The first-order valence-corrected chi connectivity index (χ1v) is 6.76. The van der Waals surface area contributed by atoms with E-state index in [-0.39, 0.29) is 30.3 Å². The number of hydrogen-bond acceptors (Lipinski definition) is 4. The molecule has 1 aromatic carbocycles. The van der Waals surface area contributed by atoms with E-state index in [1.54, 1.807) is 0 Å². The van der Waals surface area contributed by atoms with Gasteiger partial charge in [-0.1, -0.05) is 0 Å². The lowest BCUT2D eigenvalue weighted by atomic mass is 9.99. The molecule has 120 valence electrons. The maximum absolute atomic E-state index is 14.4. The molecule has 0 spiro atoms. The first-order valence-electron chi connectivity index (χ1n) is 6.76. The summed E-state index contributed by atoms with van der Waals surface area (Å²) in [6.07, 6.45) is 0.293. The molecule has 1 fully saturated rings. The second-order valence-electron chi connectivity index (χ2n) is 4.79. The Hall–Kier alpha value is -0.950. The van der Waals surface area contributed by atoms with Crippen molar-refractivity contribution in [1.29, 1.82) is 0 Å². The number of nitrogens with one attached hydrogen (secondary N) is 1. The Bertz CT molecular complexity index is 457. The van der Waals surface area contributed by atoms with Crippen LogP contribution in [0.5, 0.6) is 5.75 Å². The van der Waals surface area contributed by atoms with Gasteiger partial charge in [-0.25, -0.2) is 8.78 Å². The third kappa shape index (κ3) is 4.03. The molecule has 2 N–H and O–H groups in total. The van der Waals surface area contributed by atoms with E-state index in [1.807, 2.05) is 4.90 Å². The zero-order valence-corrected chi connectivity index (χ0v) is 12.8. The summed E-state index contributed by atoms with van der Waals surface area (Å²) in [6.45, 7) is 2.82. The average molecular weight is 323 g/mol. The Balaban J connectivity index is 0.00000220. The first-order chi connectivity index (χ1) is 9.69. The Morgan fingerprint density at radius 3 is 2.57 bits per heavy atom. The number of aliphatic hydroxyl groups is 1. The van der Waals surface area contributed by atoms with Crippen molar-refractivity contribution < 1.29 is 18.6 Å². The minimum atomic E-state index is -0.676. The lowest BCUT2D eigenvalue weighted by molar-refractivity contribution is 0.135. The summed E-state index contributed by atoms with van der Waals surface area (Å²) in [5.74, 6) is -1.25. The van der Waals surface area contributed by atoms with Crippen LogP contribution < -0.4 is 10.1 Å². The number of aliphatic hydroxyl groups excluding tert-OH is 1. The summed E-state index contributed by atoms with van der Waals surface area (Å²) in [6, 6.07) is 2.02. The molecule has 1 aromatic rings. The van der Waals surface area contributed by atoms with Gasteiger partial charge in [0.15, 0.2) is 11.6 Å². The standard InChI is InChI=1S/C14H20F2N2O2.ClH/c1-20-12-3-2-10(15)13(14(12)16)11(4-9-19)18-7-5-17-6-8-18;/h2-3,11,17,19H,4-9H2,1H3;1H/t11-;/m1./s1. The molecule has 1 aliphatic heterocycles. The van der Waals surface area contributed by atoms with E-state index in [2.05, 4.69) is 5.32 Å².